The summed E-state index contributed by atoms with van der Waals surface area (Å²) < 4.78 is 10.1. The number of aliphatic hydroxyl groups is 1. The van der Waals surface area contributed by atoms with E-state index in [1.54, 1.807) is 47.6 Å². The second-order valence-electron chi connectivity index (χ2n) is 9.68. The summed E-state index contributed by atoms with van der Waals surface area (Å²) in [7, 11) is 0. The summed E-state index contributed by atoms with van der Waals surface area (Å²) >= 11 is 0. The Morgan fingerprint density at radius 1 is 1.14 bits per heavy atom. The second-order valence-corrected chi connectivity index (χ2v) is 9.68. The first-order valence-electron chi connectivity index (χ1n) is 12.4. The highest BCUT2D eigenvalue weighted by atomic mass is 16.6. The van der Waals surface area contributed by atoms with Gasteiger partial charge in [0.1, 0.15) is 23.4 Å². The normalized spacial score (nSPS) is 13.6. The number of rotatable bonds is 12. The Morgan fingerprint density at radius 2 is 1.78 bits per heavy atom. The number of aliphatic hydroxyl groups excluding tert-OH is 1. The first-order valence-corrected chi connectivity index (χ1v) is 12.4. The Labute approximate surface area is 218 Å². The maximum Gasteiger partial charge on any atom is 0.408 e. The van der Waals surface area contributed by atoms with Gasteiger partial charge in [0.25, 0.3) is 0 Å². The molecule has 3 amide bonds. The predicted octanol–water partition coefficient (Wildman–Crippen LogP) is 2.32. The van der Waals surface area contributed by atoms with E-state index in [4.69, 9.17) is 9.47 Å². The van der Waals surface area contributed by atoms with Crippen molar-refractivity contribution in [1.82, 2.24) is 15.5 Å². The van der Waals surface area contributed by atoms with Gasteiger partial charge in [0.05, 0.1) is 19.6 Å². The molecule has 0 aromatic heterocycles. The molecule has 0 radical (unpaired) electrons. The van der Waals surface area contributed by atoms with Crippen LogP contribution in [0, 0.1) is 6.92 Å². The lowest BCUT2D eigenvalue weighted by molar-refractivity contribution is -0.146. The van der Waals surface area contributed by atoms with Crippen molar-refractivity contribution in [1.29, 1.82) is 0 Å². The van der Waals surface area contributed by atoms with E-state index in [2.05, 4.69) is 10.6 Å². The number of phenolic OH excluding ortho intramolecular Hbond substituents is 1. The Bertz CT molecular complexity index is 944. The summed E-state index contributed by atoms with van der Waals surface area (Å²) in [6.45, 7) is 11.4. The fourth-order valence-corrected chi connectivity index (χ4v) is 3.52. The van der Waals surface area contributed by atoms with Gasteiger partial charge in [-0.25, -0.2) is 4.79 Å². The second kappa shape index (κ2) is 14.4. The average molecular weight is 524 g/mol. The van der Waals surface area contributed by atoms with Crippen LogP contribution in [0.15, 0.2) is 18.2 Å². The summed E-state index contributed by atoms with van der Waals surface area (Å²) in [6, 6.07) is 1.48. The molecule has 0 heterocycles. The Balaban J connectivity index is 3.40. The molecule has 208 valence electrons. The number of carbonyl (C=O) groups excluding carboxylic acids is 4. The minimum absolute atomic E-state index is 0.0199. The molecule has 37 heavy (non-hydrogen) atoms. The number of hydrogen-bond acceptors (Lipinski definition) is 8. The number of ether oxygens (including phenoxy) is 2. The molecule has 0 spiro atoms. The van der Waals surface area contributed by atoms with Crippen LogP contribution < -0.4 is 10.6 Å². The number of alkyl carbamates (subject to hydrolysis) is 1. The molecule has 0 bridgehead atoms. The zero-order valence-corrected chi connectivity index (χ0v) is 22.8. The summed E-state index contributed by atoms with van der Waals surface area (Å²) in [4.78, 5) is 52.5. The molecule has 11 nitrogen and oxygen atoms in total. The zero-order chi connectivity index (χ0) is 28.3. The van der Waals surface area contributed by atoms with Gasteiger partial charge in [-0.05, 0) is 71.2 Å². The van der Waals surface area contributed by atoms with Crippen LogP contribution in [0.3, 0.4) is 0 Å². The lowest BCUT2D eigenvalue weighted by Crippen LogP contribution is -2.56. The third-order valence-corrected chi connectivity index (χ3v) is 5.49. The van der Waals surface area contributed by atoms with Crippen LogP contribution in [0.5, 0.6) is 5.75 Å². The van der Waals surface area contributed by atoms with E-state index in [9.17, 15) is 29.4 Å². The molecule has 4 N–H and O–H groups in total. The Kier molecular flexibility index (Phi) is 12.3. The molecular weight excluding hydrogens is 482 g/mol. The standard InChI is InChI=1S/C26H41N3O8/c1-8-17(4)29(24(34)19(15-30)28-25(35)37-26(5,6)7)22(18-10-11-20(31)16(3)14-18)23(33)27-13-12-21(32)36-9-2/h10-11,14,17,19,22,30-31H,8-9,12-13,15H2,1-7H3,(H,27,33)(H,28,35). The average Bonchev–Trinajstić information content (AvgIpc) is 2.80. The third-order valence-electron chi connectivity index (χ3n) is 5.49. The van der Waals surface area contributed by atoms with Crippen LogP contribution in [0.25, 0.3) is 0 Å². The highest BCUT2D eigenvalue weighted by Gasteiger charge is 2.38. The number of aryl methyl sites for hydroxylation is 1. The van der Waals surface area contributed by atoms with Gasteiger partial charge >= 0.3 is 12.1 Å². The zero-order valence-electron chi connectivity index (χ0n) is 22.8. The fraction of sp³-hybridized carbons (Fsp3) is 0.615. The van der Waals surface area contributed by atoms with E-state index in [0.29, 0.717) is 17.5 Å². The number of hydrogen-bond donors (Lipinski definition) is 4. The van der Waals surface area contributed by atoms with Crippen molar-refractivity contribution < 1.29 is 38.9 Å². The topological polar surface area (TPSA) is 154 Å². The van der Waals surface area contributed by atoms with Gasteiger partial charge in [-0.3, -0.25) is 14.4 Å². The summed E-state index contributed by atoms with van der Waals surface area (Å²) in [5.74, 6) is -1.72. The first-order chi connectivity index (χ1) is 17.2. The molecule has 0 saturated carbocycles. The van der Waals surface area contributed by atoms with Crippen molar-refractivity contribution in [2.45, 2.75) is 85.0 Å². The number of aromatic hydroxyl groups is 1. The van der Waals surface area contributed by atoms with Crippen molar-refractivity contribution in [3.8, 4) is 5.75 Å². The van der Waals surface area contributed by atoms with Gasteiger partial charge in [-0.2, -0.15) is 0 Å². The van der Waals surface area contributed by atoms with Crippen LogP contribution in [0.1, 0.15) is 71.6 Å². The number of carbonyl (C=O) groups is 4. The molecular formula is C26H41N3O8. The summed E-state index contributed by atoms with van der Waals surface area (Å²) in [6.07, 6.45) is -0.489. The van der Waals surface area contributed by atoms with E-state index in [0.717, 1.165) is 0 Å². The van der Waals surface area contributed by atoms with Crippen LogP contribution >= 0.6 is 0 Å². The molecule has 11 heteroatoms. The number of esters is 1. The van der Waals surface area contributed by atoms with Crippen molar-refractivity contribution in [2.24, 2.45) is 0 Å². The predicted molar refractivity (Wildman–Crippen MR) is 137 cm³/mol. The van der Waals surface area contributed by atoms with E-state index in [1.165, 1.54) is 17.0 Å². The monoisotopic (exact) mass is 523 g/mol. The first kappa shape index (κ1) is 31.7. The molecule has 1 aromatic rings. The van der Waals surface area contributed by atoms with Gasteiger partial charge in [0.15, 0.2) is 0 Å². The van der Waals surface area contributed by atoms with E-state index in [-0.39, 0.29) is 25.3 Å². The quantitative estimate of drug-likeness (QED) is 0.304. The minimum atomic E-state index is -1.38. The number of benzene rings is 1. The SMILES string of the molecule is CCOC(=O)CCNC(=O)C(c1ccc(O)c(C)c1)N(C(=O)C(CO)NC(=O)OC(C)(C)C)C(C)CC. The Hall–Kier alpha value is -3.34. The summed E-state index contributed by atoms with van der Waals surface area (Å²) in [5.41, 5.74) is 0.0737. The van der Waals surface area contributed by atoms with Gasteiger partial charge < -0.3 is 35.2 Å². The van der Waals surface area contributed by atoms with E-state index < -0.39 is 54.2 Å². The molecule has 3 unspecified atom stereocenters. The van der Waals surface area contributed by atoms with Crippen LogP contribution in [-0.4, -0.2) is 76.4 Å². The molecule has 0 aliphatic carbocycles. The smallest absolute Gasteiger partial charge is 0.408 e. The van der Waals surface area contributed by atoms with Crippen molar-refractivity contribution in [2.75, 3.05) is 19.8 Å². The number of nitrogens with zero attached hydrogens (tertiary/aromatic N) is 1. The van der Waals surface area contributed by atoms with Gasteiger partial charge in [-0.15, -0.1) is 0 Å². The molecule has 1 aromatic carbocycles. The van der Waals surface area contributed by atoms with Crippen molar-refractivity contribution in [3.63, 3.8) is 0 Å². The maximum absolute atomic E-state index is 13.7. The summed E-state index contributed by atoms with van der Waals surface area (Å²) in [5, 5.41) is 25.0. The minimum Gasteiger partial charge on any atom is -0.508 e. The molecule has 0 aliphatic heterocycles. The molecule has 3 atom stereocenters. The molecule has 0 aliphatic rings. The lowest BCUT2D eigenvalue weighted by atomic mass is 9.98. The number of amides is 3. The van der Waals surface area contributed by atoms with Crippen LogP contribution in [0.2, 0.25) is 0 Å². The van der Waals surface area contributed by atoms with Gasteiger partial charge in [-0.1, -0.05) is 13.0 Å². The fourth-order valence-electron chi connectivity index (χ4n) is 3.52. The largest absolute Gasteiger partial charge is 0.508 e. The highest BCUT2D eigenvalue weighted by Crippen LogP contribution is 2.29. The lowest BCUT2D eigenvalue weighted by Gasteiger charge is -2.38. The highest BCUT2D eigenvalue weighted by molar-refractivity contribution is 5.92. The number of nitrogens with one attached hydrogen (secondary N) is 2. The maximum atomic E-state index is 13.7. The molecule has 0 saturated heterocycles. The van der Waals surface area contributed by atoms with Crippen LogP contribution in [0.4, 0.5) is 4.79 Å². The molecule has 0 fully saturated rings. The van der Waals surface area contributed by atoms with E-state index in [1.807, 2.05) is 6.92 Å². The van der Waals surface area contributed by atoms with Crippen molar-refractivity contribution in [3.05, 3.63) is 29.3 Å². The Morgan fingerprint density at radius 3 is 2.30 bits per heavy atom. The van der Waals surface area contributed by atoms with Crippen molar-refractivity contribution >= 4 is 23.9 Å². The number of phenols is 1. The van der Waals surface area contributed by atoms with Crippen LogP contribution in [-0.2, 0) is 23.9 Å². The van der Waals surface area contributed by atoms with Gasteiger partial charge in [0, 0.05) is 12.6 Å². The van der Waals surface area contributed by atoms with Gasteiger partial charge in [0.2, 0.25) is 11.8 Å². The van der Waals surface area contributed by atoms with E-state index >= 15 is 0 Å². The molecule has 1 rings (SSSR count). The third kappa shape index (κ3) is 9.91.